The van der Waals surface area contributed by atoms with Gasteiger partial charge in [-0.25, -0.2) is 0 Å². The van der Waals surface area contributed by atoms with Crippen molar-refractivity contribution in [1.82, 2.24) is 0 Å². The van der Waals surface area contributed by atoms with Crippen LogP contribution in [0.3, 0.4) is 0 Å². The molecule has 0 bridgehead atoms. The van der Waals surface area contributed by atoms with Crippen molar-refractivity contribution in [3.05, 3.63) is 23.8 Å². The molecule has 17 heavy (non-hydrogen) atoms. The summed E-state index contributed by atoms with van der Waals surface area (Å²) in [4.78, 5) is 0. The van der Waals surface area contributed by atoms with Gasteiger partial charge in [-0.15, -0.1) is 9.24 Å². The molecule has 1 saturated carbocycles. The van der Waals surface area contributed by atoms with E-state index in [0.29, 0.717) is 5.41 Å². The van der Waals surface area contributed by atoms with E-state index in [1.807, 2.05) is 0 Å². The third-order valence-electron chi connectivity index (χ3n) is 3.02. The lowest BCUT2D eigenvalue weighted by Crippen LogP contribution is -2.14. The molecule has 0 amide bonds. The molecule has 0 N–H and O–H groups in total. The molecule has 0 aliphatic heterocycles. The Morgan fingerprint density at radius 2 is 2.00 bits per heavy atom. The lowest BCUT2D eigenvalue weighted by atomic mass is 9.88. The van der Waals surface area contributed by atoms with Crippen molar-refractivity contribution in [2.45, 2.75) is 40.0 Å². The summed E-state index contributed by atoms with van der Waals surface area (Å²) in [5.74, 6) is 1.85. The molecule has 0 heterocycles. The Labute approximate surface area is 107 Å². The maximum atomic E-state index is 5.83. The first kappa shape index (κ1) is 12.9. The van der Waals surface area contributed by atoms with Crippen LogP contribution in [-0.2, 0) is 6.42 Å². The Balaban J connectivity index is 2.05. The maximum absolute atomic E-state index is 5.83. The second-order valence-electron chi connectivity index (χ2n) is 6.35. The summed E-state index contributed by atoms with van der Waals surface area (Å²) in [6.07, 6.45) is 3.78. The molecule has 94 valence electrons. The minimum absolute atomic E-state index is 0.320. The number of benzene rings is 1. The second-order valence-corrected chi connectivity index (χ2v) is 6.97. The van der Waals surface area contributed by atoms with E-state index in [-0.39, 0.29) is 0 Å². The minimum atomic E-state index is 0.320. The summed E-state index contributed by atoms with van der Waals surface area (Å²) in [6.45, 7) is 7.71. The lowest BCUT2D eigenvalue weighted by Gasteiger charge is -2.20. The third-order valence-corrected chi connectivity index (χ3v) is 3.58. The highest BCUT2D eigenvalue weighted by molar-refractivity contribution is 7.27. The van der Waals surface area contributed by atoms with E-state index in [1.54, 1.807) is 0 Å². The van der Waals surface area contributed by atoms with Crippen molar-refractivity contribution >= 4 is 14.5 Å². The Morgan fingerprint density at radius 3 is 2.59 bits per heavy atom. The molecule has 1 aromatic carbocycles. The first-order valence-corrected chi connectivity index (χ1v) is 7.03. The van der Waals surface area contributed by atoms with Gasteiger partial charge < -0.3 is 4.74 Å². The lowest BCUT2D eigenvalue weighted by molar-refractivity contribution is 0.299. The number of hydrogen-bond donors (Lipinski definition) is 0. The zero-order valence-electron chi connectivity index (χ0n) is 11.1. The molecule has 0 saturated heterocycles. The predicted molar refractivity (Wildman–Crippen MR) is 77.2 cm³/mol. The minimum Gasteiger partial charge on any atom is -0.493 e. The zero-order valence-corrected chi connectivity index (χ0v) is 12.3. The predicted octanol–water partition coefficient (Wildman–Crippen LogP) is 3.56. The van der Waals surface area contributed by atoms with Gasteiger partial charge in [0.15, 0.2) is 0 Å². The van der Waals surface area contributed by atoms with E-state index in [2.05, 4.69) is 48.2 Å². The van der Waals surface area contributed by atoms with E-state index in [0.717, 1.165) is 24.7 Å². The summed E-state index contributed by atoms with van der Waals surface area (Å²) in [6, 6.07) is 6.43. The average molecular weight is 250 g/mol. The fourth-order valence-electron chi connectivity index (χ4n) is 1.89. The van der Waals surface area contributed by atoms with Crippen molar-refractivity contribution in [3.8, 4) is 5.75 Å². The zero-order chi connectivity index (χ0) is 12.5. The summed E-state index contributed by atoms with van der Waals surface area (Å²) in [7, 11) is 2.82. The van der Waals surface area contributed by atoms with Crippen LogP contribution in [0.4, 0.5) is 0 Å². The van der Waals surface area contributed by atoms with E-state index in [4.69, 9.17) is 4.74 Å². The van der Waals surface area contributed by atoms with Gasteiger partial charge in [0.05, 0.1) is 6.61 Å². The van der Waals surface area contributed by atoms with E-state index in [1.165, 1.54) is 23.7 Å². The van der Waals surface area contributed by atoms with Gasteiger partial charge in [0.1, 0.15) is 5.75 Å². The first-order chi connectivity index (χ1) is 7.94. The van der Waals surface area contributed by atoms with Gasteiger partial charge in [0.25, 0.3) is 0 Å². The second kappa shape index (κ2) is 4.98. The molecular formula is C15H23OP. The van der Waals surface area contributed by atoms with Crippen molar-refractivity contribution in [2.75, 3.05) is 6.61 Å². The fraction of sp³-hybridized carbons (Fsp3) is 0.600. The first-order valence-electron chi connectivity index (χ1n) is 6.45. The van der Waals surface area contributed by atoms with Crippen molar-refractivity contribution in [2.24, 2.45) is 11.3 Å². The van der Waals surface area contributed by atoms with Crippen molar-refractivity contribution in [3.63, 3.8) is 0 Å². The van der Waals surface area contributed by atoms with Crippen LogP contribution in [0.1, 0.15) is 39.2 Å². The molecule has 1 atom stereocenters. The van der Waals surface area contributed by atoms with Gasteiger partial charge in [-0.1, -0.05) is 26.8 Å². The van der Waals surface area contributed by atoms with Crippen LogP contribution >= 0.6 is 9.24 Å². The molecule has 0 aromatic heterocycles. The van der Waals surface area contributed by atoms with Gasteiger partial charge in [-0.05, 0) is 53.6 Å². The van der Waals surface area contributed by atoms with E-state index < -0.39 is 0 Å². The van der Waals surface area contributed by atoms with Crippen LogP contribution in [0.5, 0.6) is 5.75 Å². The number of rotatable bonds is 4. The van der Waals surface area contributed by atoms with Crippen LogP contribution in [0.2, 0.25) is 0 Å². The molecule has 1 aromatic rings. The van der Waals surface area contributed by atoms with Gasteiger partial charge in [0.2, 0.25) is 0 Å². The van der Waals surface area contributed by atoms with Gasteiger partial charge >= 0.3 is 0 Å². The molecule has 1 aliphatic rings. The molecule has 1 aliphatic carbocycles. The largest absolute Gasteiger partial charge is 0.493 e. The Hall–Kier alpha value is -0.550. The van der Waals surface area contributed by atoms with Crippen molar-refractivity contribution in [1.29, 1.82) is 0 Å². The average Bonchev–Trinajstić information content (AvgIpc) is 3.01. The molecular weight excluding hydrogens is 227 g/mol. The van der Waals surface area contributed by atoms with Crippen LogP contribution in [-0.4, -0.2) is 6.61 Å². The molecule has 0 radical (unpaired) electrons. The maximum Gasteiger partial charge on any atom is 0.119 e. The third kappa shape index (κ3) is 4.32. The highest BCUT2D eigenvalue weighted by atomic mass is 31.0. The van der Waals surface area contributed by atoms with Crippen LogP contribution in [0, 0.1) is 11.3 Å². The van der Waals surface area contributed by atoms with E-state index >= 15 is 0 Å². The summed E-state index contributed by atoms with van der Waals surface area (Å²) >= 11 is 0. The van der Waals surface area contributed by atoms with Crippen LogP contribution < -0.4 is 10.0 Å². The Bertz CT molecular complexity index is 388. The number of hydrogen-bond acceptors (Lipinski definition) is 1. The Morgan fingerprint density at radius 1 is 1.29 bits per heavy atom. The van der Waals surface area contributed by atoms with Gasteiger partial charge in [-0.2, -0.15) is 0 Å². The quantitative estimate of drug-likeness (QED) is 0.742. The smallest absolute Gasteiger partial charge is 0.119 e. The highest BCUT2D eigenvalue weighted by Gasteiger charge is 2.22. The highest BCUT2D eigenvalue weighted by Crippen LogP contribution is 2.30. The van der Waals surface area contributed by atoms with Gasteiger partial charge in [-0.3, -0.25) is 0 Å². The molecule has 1 nitrogen and oxygen atoms in total. The summed E-state index contributed by atoms with van der Waals surface area (Å²) in [5.41, 5.74) is 1.70. The van der Waals surface area contributed by atoms with Gasteiger partial charge in [0, 0.05) is 0 Å². The monoisotopic (exact) mass is 250 g/mol. The van der Waals surface area contributed by atoms with Crippen LogP contribution in [0.15, 0.2) is 18.2 Å². The molecule has 2 heteroatoms. The SMILES string of the molecule is CC(C)(C)Cc1cc(OCC2CC2)ccc1P. The standard InChI is InChI=1S/C15H23OP/c1-15(2,3)9-12-8-13(6-7-14(12)17)16-10-11-4-5-11/h6-8,11H,4-5,9-10,17H2,1-3H3. The normalized spacial score (nSPS) is 16.0. The molecule has 2 rings (SSSR count). The molecule has 1 unspecified atom stereocenters. The summed E-state index contributed by atoms with van der Waals surface area (Å²) in [5, 5.41) is 1.29. The summed E-state index contributed by atoms with van der Waals surface area (Å²) < 4.78 is 5.83. The van der Waals surface area contributed by atoms with Crippen LogP contribution in [0.25, 0.3) is 0 Å². The molecule has 0 spiro atoms. The Kier molecular flexibility index (Phi) is 3.78. The van der Waals surface area contributed by atoms with E-state index in [9.17, 15) is 0 Å². The topological polar surface area (TPSA) is 9.23 Å². The number of ether oxygens (including phenoxy) is 1. The fourth-order valence-corrected chi connectivity index (χ4v) is 2.18. The van der Waals surface area contributed by atoms with Crippen molar-refractivity contribution < 1.29 is 4.74 Å². The molecule has 1 fully saturated rings.